The third-order valence-electron chi connectivity index (χ3n) is 4.65. The quantitative estimate of drug-likeness (QED) is 0.717. The van der Waals surface area contributed by atoms with Gasteiger partial charge < -0.3 is 9.80 Å². The van der Waals surface area contributed by atoms with Crippen molar-refractivity contribution < 1.29 is 8.78 Å². The van der Waals surface area contributed by atoms with Gasteiger partial charge in [0.25, 0.3) is 0 Å². The molecule has 3 aromatic rings. The second-order valence-corrected chi connectivity index (χ2v) is 6.25. The van der Waals surface area contributed by atoms with E-state index in [0.717, 1.165) is 23.6 Å². The third-order valence-corrected chi connectivity index (χ3v) is 4.65. The van der Waals surface area contributed by atoms with E-state index in [9.17, 15) is 8.78 Å². The highest BCUT2D eigenvalue weighted by atomic mass is 19.1. The van der Waals surface area contributed by atoms with Crippen LogP contribution in [0.15, 0.2) is 67.1 Å². The molecule has 1 unspecified atom stereocenters. The minimum Gasteiger partial charge on any atom is -0.367 e. The van der Waals surface area contributed by atoms with Crippen LogP contribution >= 0.6 is 0 Å². The van der Waals surface area contributed by atoms with Crippen LogP contribution in [-0.4, -0.2) is 29.6 Å². The van der Waals surface area contributed by atoms with Crippen molar-refractivity contribution in [1.29, 1.82) is 0 Å². The second kappa shape index (κ2) is 7.07. The first kappa shape index (κ1) is 16.4. The third kappa shape index (κ3) is 3.35. The minimum absolute atomic E-state index is 0.0822. The first-order valence-corrected chi connectivity index (χ1v) is 8.49. The van der Waals surface area contributed by atoms with Gasteiger partial charge in [-0.25, -0.2) is 13.8 Å². The zero-order valence-electron chi connectivity index (χ0n) is 14.1. The van der Waals surface area contributed by atoms with Gasteiger partial charge in [0.2, 0.25) is 0 Å². The zero-order valence-corrected chi connectivity index (χ0v) is 14.1. The number of nitrogens with zero attached hydrogens (tertiary/aromatic N) is 4. The van der Waals surface area contributed by atoms with Crippen molar-refractivity contribution in [3.8, 4) is 0 Å². The van der Waals surface area contributed by atoms with Crippen molar-refractivity contribution in [2.45, 2.75) is 6.04 Å². The van der Waals surface area contributed by atoms with Crippen molar-refractivity contribution >= 4 is 11.5 Å². The van der Waals surface area contributed by atoms with Gasteiger partial charge in [0.1, 0.15) is 17.5 Å². The van der Waals surface area contributed by atoms with E-state index in [1.165, 1.54) is 18.2 Å². The molecular formula is C20H18F2N4. The van der Waals surface area contributed by atoms with Crippen LogP contribution in [0.4, 0.5) is 20.3 Å². The molecule has 0 aliphatic carbocycles. The number of aromatic nitrogens is 2. The summed E-state index contributed by atoms with van der Waals surface area (Å²) in [6.07, 6.45) is 5.01. The summed E-state index contributed by atoms with van der Waals surface area (Å²) in [7, 11) is 0. The van der Waals surface area contributed by atoms with Gasteiger partial charge in [-0.1, -0.05) is 12.1 Å². The summed E-state index contributed by atoms with van der Waals surface area (Å²) in [6.45, 7) is 2.11. The monoisotopic (exact) mass is 352 g/mol. The minimum atomic E-state index is -0.263. The molecule has 0 bridgehead atoms. The predicted octanol–water partition coefficient (Wildman–Crippen LogP) is 3.82. The van der Waals surface area contributed by atoms with Gasteiger partial charge in [0.05, 0.1) is 12.2 Å². The summed E-state index contributed by atoms with van der Waals surface area (Å²) < 4.78 is 27.1. The molecule has 132 valence electrons. The summed E-state index contributed by atoms with van der Waals surface area (Å²) in [5.74, 6) is 0.245. The lowest BCUT2D eigenvalue weighted by atomic mass is 10.0. The Hall–Kier alpha value is -3.02. The maximum absolute atomic E-state index is 13.8. The molecule has 6 heteroatoms. The van der Waals surface area contributed by atoms with Crippen LogP contribution in [0.2, 0.25) is 0 Å². The SMILES string of the molecule is Fc1ccc(N2CCN(c3cnccn3)C(c3cccc(F)c3)C2)cc1. The van der Waals surface area contributed by atoms with Crippen molar-refractivity contribution in [3.63, 3.8) is 0 Å². The summed E-state index contributed by atoms with van der Waals surface area (Å²) in [5.41, 5.74) is 1.83. The Labute approximate surface area is 150 Å². The molecule has 0 radical (unpaired) electrons. The van der Waals surface area contributed by atoms with Crippen LogP contribution in [0.1, 0.15) is 11.6 Å². The molecule has 1 atom stereocenters. The Kier molecular flexibility index (Phi) is 4.48. The first-order valence-electron chi connectivity index (χ1n) is 8.49. The van der Waals surface area contributed by atoms with Gasteiger partial charge in [-0.15, -0.1) is 0 Å². The van der Waals surface area contributed by atoms with Gasteiger partial charge in [-0.05, 0) is 42.0 Å². The molecule has 1 saturated heterocycles. The van der Waals surface area contributed by atoms with Crippen LogP contribution < -0.4 is 9.80 Å². The zero-order chi connectivity index (χ0) is 17.9. The topological polar surface area (TPSA) is 32.3 Å². The van der Waals surface area contributed by atoms with Crippen molar-refractivity contribution in [2.24, 2.45) is 0 Å². The van der Waals surface area contributed by atoms with Gasteiger partial charge in [-0.2, -0.15) is 0 Å². The Bertz CT molecular complexity index is 870. The van der Waals surface area contributed by atoms with Crippen LogP contribution in [0.3, 0.4) is 0 Å². The highest BCUT2D eigenvalue weighted by Crippen LogP contribution is 2.31. The number of rotatable bonds is 3. The van der Waals surface area contributed by atoms with E-state index < -0.39 is 0 Å². The van der Waals surface area contributed by atoms with E-state index in [-0.39, 0.29) is 17.7 Å². The van der Waals surface area contributed by atoms with E-state index in [4.69, 9.17) is 0 Å². The molecule has 1 aliphatic heterocycles. The van der Waals surface area contributed by atoms with Crippen molar-refractivity contribution in [3.05, 3.63) is 84.3 Å². The maximum atomic E-state index is 13.8. The second-order valence-electron chi connectivity index (χ2n) is 6.25. The largest absolute Gasteiger partial charge is 0.367 e. The average molecular weight is 352 g/mol. The number of halogens is 2. The van der Waals surface area contributed by atoms with Crippen molar-refractivity contribution in [1.82, 2.24) is 9.97 Å². The van der Waals surface area contributed by atoms with Crippen LogP contribution in [0.25, 0.3) is 0 Å². The van der Waals surface area contributed by atoms with Crippen molar-refractivity contribution in [2.75, 3.05) is 29.4 Å². The number of hydrogen-bond donors (Lipinski definition) is 0. The molecule has 1 aromatic heterocycles. The summed E-state index contributed by atoms with van der Waals surface area (Å²) in [5, 5.41) is 0. The average Bonchev–Trinajstić information content (AvgIpc) is 2.69. The molecule has 0 saturated carbocycles. The Morgan fingerprint density at radius 1 is 0.923 bits per heavy atom. The lowest BCUT2D eigenvalue weighted by molar-refractivity contribution is 0.529. The van der Waals surface area contributed by atoms with E-state index in [1.807, 2.05) is 6.07 Å². The van der Waals surface area contributed by atoms with Gasteiger partial charge in [0.15, 0.2) is 0 Å². The van der Waals surface area contributed by atoms with Crippen LogP contribution in [-0.2, 0) is 0 Å². The fraction of sp³-hybridized carbons (Fsp3) is 0.200. The molecule has 26 heavy (non-hydrogen) atoms. The Balaban J connectivity index is 1.68. The predicted molar refractivity (Wildman–Crippen MR) is 97.1 cm³/mol. The fourth-order valence-corrected chi connectivity index (χ4v) is 3.38. The molecule has 2 heterocycles. The van der Waals surface area contributed by atoms with E-state index in [0.29, 0.717) is 13.1 Å². The van der Waals surface area contributed by atoms with E-state index >= 15 is 0 Å². The fourth-order valence-electron chi connectivity index (χ4n) is 3.38. The summed E-state index contributed by atoms with van der Waals surface area (Å²) in [6, 6.07) is 13.0. The molecule has 4 nitrogen and oxygen atoms in total. The molecule has 1 aliphatic rings. The molecule has 0 N–H and O–H groups in total. The maximum Gasteiger partial charge on any atom is 0.147 e. The number of hydrogen-bond acceptors (Lipinski definition) is 4. The molecule has 0 amide bonds. The lowest BCUT2D eigenvalue weighted by Crippen LogP contribution is -2.49. The molecule has 0 spiro atoms. The Morgan fingerprint density at radius 3 is 2.50 bits per heavy atom. The number of benzene rings is 2. The molecular weight excluding hydrogens is 334 g/mol. The van der Waals surface area contributed by atoms with E-state index in [1.54, 1.807) is 42.9 Å². The highest BCUT2D eigenvalue weighted by molar-refractivity contribution is 5.51. The Morgan fingerprint density at radius 2 is 1.77 bits per heavy atom. The van der Waals surface area contributed by atoms with Crippen LogP contribution in [0.5, 0.6) is 0 Å². The lowest BCUT2D eigenvalue weighted by Gasteiger charge is -2.43. The molecule has 2 aromatic carbocycles. The van der Waals surface area contributed by atoms with Gasteiger partial charge in [-0.3, -0.25) is 4.98 Å². The summed E-state index contributed by atoms with van der Waals surface area (Å²) in [4.78, 5) is 12.9. The highest BCUT2D eigenvalue weighted by Gasteiger charge is 2.29. The number of piperazine rings is 1. The number of anilines is 2. The standard InChI is InChI=1S/C20H18F2N4/c21-16-4-6-18(7-5-16)25-10-11-26(20-13-23-8-9-24-20)19(14-25)15-2-1-3-17(22)12-15/h1-9,12-13,19H,10-11,14H2. The first-order chi connectivity index (χ1) is 12.7. The van der Waals surface area contributed by atoms with Crippen LogP contribution in [0, 0.1) is 11.6 Å². The summed E-state index contributed by atoms with van der Waals surface area (Å²) >= 11 is 0. The normalized spacial score (nSPS) is 17.4. The molecule has 4 rings (SSSR count). The smallest absolute Gasteiger partial charge is 0.147 e. The van der Waals surface area contributed by atoms with Gasteiger partial charge in [0, 0.05) is 37.7 Å². The molecule has 1 fully saturated rings. The van der Waals surface area contributed by atoms with E-state index in [2.05, 4.69) is 19.8 Å². The van der Waals surface area contributed by atoms with Gasteiger partial charge >= 0.3 is 0 Å².